The summed E-state index contributed by atoms with van der Waals surface area (Å²) in [6.45, 7) is 13.5. The maximum absolute atomic E-state index is 5.69. The predicted octanol–water partition coefficient (Wildman–Crippen LogP) is 3.30. The van der Waals surface area contributed by atoms with Crippen LogP contribution in [0.25, 0.3) is 0 Å². The van der Waals surface area contributed by atoms with E-state index in [2.05, 4.69) is 67.5 Å². The molecular formula is C23H38N4O. The molecule has 1 heterocycles. The molecule has 2 atom stereocenters. The Morgan fingerprint density at radius 2 is 1.96 bits per heavy atom. The first-order valence-electron chi connectivity index (χ1n) is 11.0. The van der Waals surface area contributed by atoms with E-state index in [1.165, 1.54) is 17.5 Å². The molecule has 1 aromatic rings. The van der Waals surface area contributed by atoms with Crippen molar-refractivity contribution < 1.29 is 4.74 Å². The van der Waals surface area contributed by atoms with E-state index < -0.39 is 0 Å². The quantitative estimate of drug-likeness (QED) is 0.532. The van der Waals surface area contributed by atoms with Crippen molar-refractivity contribution in [2.24, 2.45) is 4.99 Å². The van der Waals surface area contributed by atoms with E-state index in [9.17, 15) is 0 Å². The van der Waals surface area contributed by atoms with Gasteiger partial charge in [0, 0.05) is 44.2 Å². The second kappa shape index (κ2) is 10.3. The van der Waals surface area contributed by atoms with Crippen molar-refractivity contribution in [1.29, 1.82) is 0 Å². The number of aryl methyl sites for hydroxylation is 1. The molecular weight excluding hydrogens is 348 g/mol. The van der Waals surface area contributed by atoms with Crippen molar-refractivity contribution in [3.63, 3.8) is 0 Å². The minimum atomic E-state index is 0.323. The molecule has 2 unspecified atom stereocenters. The van der Waals surface area contributed by atoms with Crippen molar-refractivity contribution in [1.82, 2.24) is 15.5 Å². The van der Waals surface area contributed by atoms with Gasteiger partial charge < -0.3 is 20.3 Å². The lowest BCUT2D eigenvalue weighted by molar-refractivity contribution is 0.0532. The number of hydrogen-bond acceptors (Lipinski definition) is 3. The van der Waals surface area contributed by atoms with Crippen LogP contribution in [0.15, 0.2) is 29.3 Å². The van der Waals surface area contributed by atoms with Crippen LogP contribution in [0, 0.1) is 6.92 Å². The number of nitrogens with one attached hydrogen (secondary N) is 2. The first-order valence-corrected chi connectivity index (χ1v) is 11.0. The van der Waals surface area contributed by atoms with Gasteiger partial charge >= 0.3 is 0 Å². The van der Waals surface area contributed by atoms with Crippen LogP contribution < -0.4 is 10.6 Å². The summed E-state index contributed by atoms with van der Waals surface area (Å²) in [6, 6.07) is 9.77. The number of ether oxygens (including phenoxy) is 1. The Hall–Kier alpha value is -1.59. The van der Waals surface area contributed by atoms with Crippen LogP contribution in [0.5, 0.6) is 0 Å². The van der Waals surface area contributed by atoms with Gasteiger partial charge in [-0.25, -0.2) is 0 Å². The minimum absolute atomic E-state index is 0.323. The van der Waals surface area contributed by atoms with Gasteiger partial charge in [-0.15, -0.1) is 0 Å². The second-order valence-corrected chi connectivity index (χ2v) is 8.45. The van der Waals surface area contributed by atoms with Gasteiger partial charge in [-0.1, -0.05) is 24.3 Å². The average Bonchev–Trinajstić information content (AvgIpc) is 3.42. The summed E-state index contributed by atoms with van der Waals surface area (Å²) in [6.07, 6.45) is 3.85. The Bertz CT molecular complexity index is 637. The molecule has 0 bridgehead atoms. The Labute approximate surface area is 170 Å². The molecule has 28 heavy (non-hydrogen) atoms. The molecule has 2 fully saturated rings. The fourth-order valence-electron chi connectivity index (χ4n) is 4.08. The molecule has 1 aliphatic heterocycles. The van der Waals surface area contributed by atoms with Crippen molar-refractivity contribution >= 4 is 5.96 Å². The Morgan fingerprint density at radius 1 is 1.21 bits per heavy atom. The van der Waals surface area contributed by atoms with Crippen LogP contribution in [-0.2, 0) is 4.74 Å². The summed E-state index contributed by atoms with van der Waals surface area (Å²) in [4.78, 5) is 7.21. The number of piperidine rings is 1. The largest absolute Gasteiger partial charge is 0.377 e. The third-order valence-electron chi connectivity index (χ3n) is 5.80. The Morgan fingerprint density at radius 3 is 2.64 bits per heavy atom. The van der Waals surface area contributed by atoms with Crippen molar-refractivity contribution in [2.75, 3.05) is 32.8 Å². The maximum atomic E-state index is 5.69. The fourth-order valence-corrected chi connectivity index (χ4v) is 4.08. The molecule has 5 heteroatoms. The lowest BCUT2D eigenvalue weighted by Gasteiger charge is -2.33. The monoisotopic (exact) mass is 386 g/mol. The molecule has 1 saturated carbocycles. The van der Waals surface area contributed by atoms with E-state index in [0.29, 0.717) is 24.1 Å². The van der Waals surface area contributed by atoms with Crippen LogP contribution in [0.1, 0.15) is 57.1 Å². The van der Waals surface area contributed by atoms with Crippen LogP contribution in [0.3, 0.4) is 0 Å². The van der Waals surface area contributed by atoms with E-state index >= 15 is 0 Å². The molecule has 0 spiro atoms. The van der Waals surface area contributed by atoms with Gasteiger partial charge in [0.15, 0.2) is 5.96 Å². The summed E-state index contributed by atoms with van der Waals surface area (Å²) in [5, 5.41) is 7.37. The van der Waals surface area contributed by atoms with E-state index in [4.69, 9.17) is 9.73 Å². The van der Waals surface area contributed by atoms with E-state index in [0.717, 1.165) is 51.6 Å². The SMILES string of the molecule is CCN=C(NC1CCN(CCOC(C)C)CC1)NC1CC1c1ccccc1C. The smallest absolute Gasteiger partial charge is 0.191 e. The molecule has 0 aromatic heterocycles. The topological polar surface area (TPSA) is 48.9 Å². The molecule has 1 saturated heterocycles. The number of aliphatic imine (C=N–C) groups is 1. The average molecular weight is 387 g/mol. The highest BCUT2D eigenvalue weighted by molar-refractivity contribution is 5.81. The molecule has 1 aliphatic carbocycles. The summed E-state index contributed by atoms with van der Waals surface area (Å²) < 4.78 is 5.69. The molecule has 2 N–H and O–H groups in total. The van der Waals surface area contributed by atoms with Crippen LogP contribution in [-0.4, -0.2) is 61.8 Å². The molecule has 3 rings (SSSR count). The summed E-state index contributed by atoms with van der Waals surface area (Å²) in [5.41, 5.74) is 2.88. The number of nitrogens with zero attached hydrogens (tertiary/aromatic N) is 2. The summed E-state index contributed by atoms with van der Waals surface area (Å²) >= 11 is 0. The summed E-state index contributed by atoms with van der Waals surface area (Å²) in [7, 11) is 0. The van der Waals surface area contributed by atoms with Crippen LogP contribution in [0.4, 0.5) is 0 Å². The zero-order chi connectivity index (χ0) is 19.9. The number of rotatable bonds is 8. The standard InChI is InChI=1S/C23H38N4O/c1-5-24-23(26-22-16-21(22)20-9-7-6-8-18(20)4)25-19-10-12-27(13-11-19)14-15-28-17(2)3/h6-9,17,19,21-22H,5,10-16H2,1-4H3,(H2,24,25,26). The lowest BCUT2D eigenvalue weighted by Crippen LogP contribution is -2.49. The highest BCUT2D eigenvalue weighted by atomic mass is 16.5. The zero-order valence-corrected chi connectivity index (χ0v) is 18.1. The van der Waals surface area contributed by atoms with E-state index in [-0.39, 0.29) is 0 Å². The molecule has 5 nitrogen and oxygen atoms in total. The van der Waals surface area contributed by atoms with E-state index in [1.54, 1.807) is 0 Å². The van der Waals surface area contributed by atoms with Gasteiger partial charge in [0.1, 0.15) is 0 Å². The molecule has 156 valence electrons. The molecule has 0 amide bonds. The van der Waals surface area contributed by atoms with E-state index in [1.807, 2.05) is 0 Å². The number of hydrogen-bond donors (Lipinski definition) is 2. The highest BCUT2D eigenvalue weighted by Crippen LogP contribution is 2.42. The van der Waals surface area contributed by atoms with Gasteiger partial charge in [-0.05, 0) is 58.1 Å². The second-order valence-electron chi connectivity index (χ2n) is 8.45. The lowest BCUT2D eigenvalue weighted by atomic mass is 10.0. The van der Waals surface area contributed by atoms with Gasteiger partial charge in [-0.3, -0.25) is 4.99 Å². The van der Waals surface area contributed by atoms with Crippen molar-refractivity contribution in [3.8, 4) is 0 Å². The van der Waals surface area contributed by atoms with Gasteiger partial charge in [0.05, 0.1) is 12.7 Å². The minimum Gasteiger partial charge on any atom is -0.377 e. The first-order chi connectivity index (χ1) is 13.6. The van der Waals surface area contributed by atoms with Crippen LogP contribution in [0.2, 0.25) is 0 Å². The number of guanidine groups is 1. The number of benzene rings is 1. The molecule has 1 aromatic carbocycles. The zero-order valence-electron chi connectivity index (χ0n) is 18.1. The third kappa shape index (κ3) is 6.21. The molecule has 2 aliphatic rings. The van der Waals surface area contributed by atoms with Gasteiger partial charge in [0.2, 0.25) is 0 Å². The Kier molecular flexibility index (Phi) is 7.74. The Balaban J connectivity index is 1.43. The fraction of sp³-hybridized carbons (Fsp3) is 0.696. The van der Waals surface area contributed by atoms with Crippen molar-refractivity contribution in [2.45, 2.75) is 71.1 Å². The molecule has 0 radical (unpaired) electrons. The van der Waals surface area contributed by atoms with Crippen molar-refractivity contribution in [3.05, 3.63) is 35.4 Å². The van der Waals surface area contributed by atoms with Crippen LogP contribution >= 0.6 is 0 Å². The third-order valence-corrected chi connectivity index (χ3v) is 5.80. The summed E-state index contributed by atoms with van der Waals surface area (Å²) in [5.74, 6) is 1.61. The normalized spacial score (nSPS) is 23.8. The highest BCUT2D eigenvalue weighted by Gasteiger charge is 2.40. The number of likely N-dealkylation sites (tertiary alicyclic amines) is 1. The predicted molar refractivity (Wildman–Crippen MR) is 117 cm³/mol. The maximum Gasteiger partial charge on any atom is 0.191 e. The van der Waals surface area contributed by atoms with Gasteiger partial charge in [-0.2, -0.15) is 0 Å². The first kappa shape index (κ1) is 21.1. The van der Waals surface area contributed by atoms with Gasteiger partial charge in [0.25, 0.3) is 0 Å².